The van der Waals surface area contributed by atoms with Gasteiger partial charge in [0, 0.05) is 5.69 Å². The first kappa shape index (κ1) is 17.7. The van der Waals surface area contributed by atoms with Crippen LogP contribution in [0.1, 0.15) is 39.9 Å². The summed E-state index contributed by atoms with van der Waals surface area (Å²) < 4.78 is 11.1. The summed E-state index contributed by atoms with van der Waals surface area (Å²) in [6.07, 6.45) is 0.831. The quantitative estimate of drug-likeness (QED) is 0.701. The Morgan fingerprint density at radius 1 is 1.15 bits per heavy atom. The first-order valence-corrected chi connectivity index (χ1v) is 8.62. The monoisotopic (exact) mass is 350 g/mol. The molecule has 3 aromatic rings. The molecule has 134 valence electrons. The predicted molar refractivity (Wildman–Crippen MR) is 101 cm³/mol. The average molecular weight is 350 g/mol. The number of hydrogen-bond donors (Lipinski definition) is 1. The lowest BCUT2D eigenvalue weighted by Gasteiger charge is -2.10. The maximum Gasteiger partial charge on any atom is 0.278 e. The van der Waals surface area contributed by atoms with Gasteiger partial charge in [-0.25, -0.2) is 0 Å². The lowest BCUT2D eigenvalue weighted by atomic mass is 10.1. The average Bonchev–Trinajstić information content (AvgIpc) is 3.01. The zero-order valence-corrected chi connectivity index (χ0v) is 15.2. The van der Waals surface area contributed by atoms with Gasteiger partial charge in [0.05, 0.1) is 5.56 Å². The smallest absolute Gasteiger partial charge is 0.278 e. The van der Waals surface area contributed by atoms with Crippen LogP contribution in [0.4, 0.5) is 5.69 Å². The van der Waals surface area contributed by atoms with Gasteiger partial charge < -0.3 is 14.6 Å². The third-order valence-corrected chi connectivity index (χ3v) is 4.22. The van der Waals surface area contributed by atoms with Crippen LogP contribution in [0.15, 0.2) is 53.1 Å². The summed E-state index contributed by atoms with van der Waals surface area (Å²) in [4.78, 5) is 12.7. The highest BCUT2D eigenvalue weighted by Gasteiger charge is 2.21. The third-order valence-electron chi connectivity index (χ3n) is 4.22. The normalized spacial score (nSPS) is 10.6. The van der Waals surface area contributed by atoms with Crippen molar-refractivity contribution >= 4 is 11.6 Å². The van der Waals surface area contributed by atoms with Crippen molar-refractivity contribution < 1.29 is 14.1 Å². The Bertz CT molecular complexity index is 915. The number of carbonyl (C=O) groups is 1. The van der Waals surface area contributed by atoms with Gasteiger partial charge in [0.15, 0.2) is 5.69 Å². The molecule has 0 aliphatic rings. The van der Waals surface area contributed by atoms with Gasteiger partial charge in [-0.3, -0.25) is 4.79 Å². The summed E-state index contributed by atoms with van der Waals surface area (Å²) in [5, 5.41) is 6.85. The van der Waals surface area contributed by atoms with E-state index in [1.165, 1.54) is 0 Å². The van der Waals surface area contributed by atoms with Crippen LogP contribution in [0, 0.1) is 13.8 Å². The third kappa shape index (κ3) is 3.94. The Balaban J connectivity index is 1.77. The molecule has 0 aliphatic heterocycles. The zero-order chi connectivity index (χ0) is 18.5. The molecule has 0 atom stereocenters. The van der Waals surface area contributed by atoms with E-state index in [9.17, 15) is 4.79 Å². The lowest BCUT2D eigenvalue weighted by Crippen LogP contribution is -2.16. The summed E-state index contributed by atoms with van der Waals surface area (Å²) in [5.41, 5.74) is 3.86. The SMILES string of the molecule is CCc1ccccc1NC(=O)c1noc(C)c1COc1cccc(C)c1. The van der Waals surface area contributed by atoms with Gasteiger partial charge in [0.1, 0.15) is 18.1 Å². The molecule has 1 N–H and O–H groups in total. The van der Waals surface area contributed by atoms with Crippen molar-refractivity contribution in [2.45, 2.75) is 33.8 Å². The molecule has 26 heavy (non-hydrogen) atoms. The highest BCUT2D eigenvalue weighted by Crippen LogP contribution is 2.21. The number of benzene rings is 2. The van der Waals surface area contributed by atoms with Gasteiger partial charge in [-0.1, -0.05) is 42.4 Å². The Morgan fingerprint density at radius 3 is 2.73 bits per heavy atom. The van der Waals surface area contributed by atoms with Gasteiger partial charge in [-0.05, 0) is 49.6 Å². The fourth-order valence-corrected chi connectivity index (χ4v) is 2.73. The van der Waals surface area contributed by atoms with Crippen molar-refractivity contribution in [3.63, 3.8) is 0 Å². The van der Waals surface area contributed by atoms with Gasteiger partial charge in [0.25, 0.3) is 5.91 Å². The maximum absolute atomic E-state index is 12.7. The van der Waals surface area contributed by atoms with E-state index in [0.717, 1.165) is 29.0 Å². The molecule has 0 fully saturated rings. The number of amides is 1. The molecule has 0 unspecified atom stereocenters. The second-order valence-corrected chi connectivity index (χ2v) is 6.14. The lowest BCUT2D eigenvalue weighted by molar-refractivity contribution is 0.101. The number of hydrogen-bond acceptors (Lipinski definition) is 4. The van der Waals surface area contributed by atoms with E-state index in [4.69, 9.17) is 9.26 Å². The second kappa shape index (κ2) is 7.87. The van der Waals surface area contributed by atoms with Crippen LogP contribution in [0.3, 0.4) is 0 Å². The molecular formula is C21H22N2O3. The first-order valence-electron chi connectivity index (χ1n) is 8.62. The summed E-state index contributed by atoms with van der Waals surface area (Å²) in [6, 6.07) is 15.5. The number of nitrogens with one attached hydrogen (secondary N) is 1. The van der Waals surface area contributed by atoms with Crippen LogP contribution in [-0.4, -0.2) is 11.1 Å². The van der Waals surface area contributed by atoms with Crippen molar-refractivity contribution in [3.05, 3.63) is 76.7 Å². The maximum atomic E-state index is 12.7. The predicted octanol–water partition coefficient (Wildman–Crippen LogP) is 4.69. The highest BCUT2D eigenvalue weighted by molar-refractivity contribution is 6.04. The van der Waals surface area contributed by atoms with Gasteiger partial charge in [0.2, 0.25) is 0 Å². The molecule has 0 radical (unpaired) electrons. The zero-order valence-electron chi connectivity index (χ0n) is 15.2. The van der Waals surface area contributed by atoms with E-state index in [1.807, 2.05) is 62.4 Å². The first-order chi connectivity index (χ1) is 12.6. The van der Waals surface area contributed by atoms with Gasteiger partial charge in [-0.2, -0.15) is 0 Å². The van der Waals surface area contributed by atoms with Crippen LogP contribution >= 0.6 is 0 Å². The minimum atomic E-state index is -0.300. The van der Waals surface area contributed by atoms with E-state index in [-0.39, 0.29) is 18.2 Å². The van der Waals surface area contributed by atoms with Gasteiger partial charge >= 0.3 is 0 Å². The minimum absolute atomic E-state index is 0.219. The van der Waals surface area contributed by atoms with E-state index in [1.54, 1.807) is 6.92 Å². The van der Waals surface area contributed by atoms with Crippen molar-refractivity contribution in [2.75, 3.05) is 5.32 Å². The molecule has 2 aromatic carbocycles. The van der Waals surface area contributed by atoms with Crippen molar-refractivity contribution in [1.82, 2.24) is 5.16 Å². The number of anilines is 1. The fourth-order valence-electron chi connectivity index (χ4n) is 2.73. The number of carbonyl (C=O) groups excluding carboxylic acids is 1. The molecule has 5 heteroatoms. The number of rotatable bonds is 6. The number of nitrogens with zero attached hydrogens (tertiary/aromatic N) is 1. The molecule has 0 saturated carbocycles. The van der Waals surface area contributed by atoms with E-state index in [2.05, 4.69) is 10.5 Å². The Morgan fingerprint density at radius 2 is 1.96 bits per heavy atom. The summed E-state index contributed by atoms with van der Waals surface area (Å²) in [7, 11) is 0. The van der Waals surface area contributed by atoms with Crippen LogP contribution in [-0.2, 0) is 13.0 Å². The van der Waals surface area contributed by atoms with E-state index in [0.29, 0.717) is 11.3 Å². The summed E-state index contributed by atoms with van der Waals surface area (Å²) in [6.45, 7) is 6.05. The molecule has 1 aromatic heterocycles. The van der Waals surface area contributed by atoms with Crippen LogP contribution in [0.5, 0.6) is 5.75 Å². The second-order valence-electron chi connectivity index (χ2n) is 6.14. The standard InChI is InChI=1S/C21H22N2O3/c1-4-16-9-5-6-11-19(16)22-21(24)20-18(15(3)26-23-20)13-25-17-10-7-8-14(2)12-17/h5-12H,4,13H2,1-3H3,(H,22,24). The molecule has 1 amide bonds. The number of ether oxygens (including phenoxy) is 1. The fraction of sp³-hybridized carbons (Fsp3) is 0.238. The van der Waals surface area contributed by atoms with Crippen molar-refractivity contribution in [3.8, 4) is 5.75 Å². The number of para-hydroxylation sites is 1. The molecule has 5 nitrogen and oxygen atoms in total. The highest BCUT2D eigenvalue weighted by atomic mass is 16.5. The van der Waals surface area contributed by atoms with Crippen LogP contribution < -0.4 is 10.1 Å². The molecule has 1 heterocycles. The summed E-state index contributed by atoms with van der Waals surface area (Å²) in [5.74, 6) is 1.02. The number of aromatic nitrogens is 1. The van der Waals surface area contributed by atoms with Crippen LogP contribution in [0.25, 0.3) is 0 Å². The summed E-state index contributed by atoms with van der Waals surface area (Å²) >= 11 is 0. The van der Waals surface area contributed by atoms with E-state index >= 15 is 0 Å². The van der Waals surface area contributed by atoms with Crippen molar-refractivity contribution in [1.29, 1.82) is 0 Å². The Kier molecular flexibility index (Phi) is 5.37. The minimum Gasteiger partial charge on any atom is -0.489 e. The number of aryl methyl sites for hydroxylation is 3. The van der Waals surface area contributed by atoms with Crippen LogP contribution in [0.2, 0.25) is 0 Å². The molecule has 0 spiro atoms. The Labute approximate surface area is 153 Å². The molecule has 0 saturated heterocycles. The van der Waals surface area contributed by atoms with Crippen molar-refractivity contribution in [2.24, 2.45) is 0 Å². The largest absolute Gasteiger partial charge is 0.489 e. The van der Waals surface area contributed by atoms with Gasteiger partial charge in [-0.15, -0.1) is 0 Å². The topological polar surface area (TPSA) is 64.4 Å². The molecule has 0 bridgehead atoms. The molecule has 3 rings (SSSR count). The Hall–Kier alpha value is -3.08. The molecule has 0 aliphatic carbocycles. The van der Waals surface area contributed by atoms with E-state index < -0.39 is 0 Å². The molecular weight excluding hydrogens is 328 g/mol.